The molecule has 0 atom stereocenters. The molecule has 1 amide bonds. The van der Waals surface area contributed by atoms with Crippen molar-refractivity contribution in [3.05, 3.63) is 77.6 Å². The second-order valence-electron chi connectivity index (χ2n) is 8.18. The van der Waals surface area contributed by atoms with E-state index in [4.69, 9.17) is 16.7 Å². The molecule has 0 fully saturated rings. The van der Waals surface area contributed by atoms with E-state index in [2.05, 4.69) is 30.6 Å². The van der Waals surface area contributed by atoms with Crippen LogP contribution in [0.3, 0.4) is 0 Å². The molecule has 9 nitrogen and oxygen atoms in total. The average Bonchev–Trinajstić information content (AvgIpc) is 3.46. The van der Waals surface area contributed by atoms with Gasteiger partial charge in [-0.3, -0.25) is 19.7 Å². The van der Waals surface area contributed by atoms with Crippen molar-refractivity contribution < 1.29 is 4.79 Å². The van der Waals surface area contributed by atoms with Crippen molar-refractivity contribution >= 4 is 45.4 Å². The number of hydrogen-bond acceptors (Lipinski definition) is 8. The molecule has 0 saturated carbocycles. The third-order valence-electron chi connectivity index (χ3n) is 5.74. The van der Waals surface area contributed by atoms with Gasteiger partial charge in [-0.15, -0.1) is 0 Å². The fourth-order valence-electron chi connectivity index (χ4n) is 4.23. The predicted molar refractivity (Wildman–Crippen MR) is 140 cm³/mol. The van der Waals surface area contributed by atoms with Crippen molar-refractivity contribution in [2.75, 3.05) is 10.6 Å². The van der Waals surface area contributed by atoms with Gasteiger partial charge >= 0.3 is 0 Å². The zero-order chi connectivity index (χ0) is 24.6. The number of aryl methyl sites for hydroxylation is 1. The summed E-state index contributed by atoms with van der Waals surface area (Å²) in [4.78, 5) is 30.0. The van der Waals surface area contributed by atoms with Crippen LogP contribution in [0, 0.1) is 0 Å². The number of rotatable bonds is 5. The van der Waals surface area contributed by atoms with E-state index in [9.17, 15) is 4.79 Å². The Labute approximate surface area is 215 Å². The van der Waals surface area contributed by atoms with Gasteiger partial charge in [0.1, 0.15) is 11.4 Å². The largest absolute Gasteiger partial charge is 0.355 e. The van der Waals surface area contributed by atoms with Gasteiger partial charge in [-0.2, -0.15) is 5.10 Å². The SMILES string of the molecule is CC(=O)Nc1nc2c(s1)-c1c(c(-c3cnccn3)nn1-c1ccc(Nc3ccncc3)cc1Cl)CC2. The first-order valence-corrected chi connectivity index (χ1v) is 12.4. The van der Waals surface area contributed by atoms with Crippen molar-refractivity contribution in [1.29, 1.82) is 0 Å². The highest BCUT2D eigenvalue weighted by atomic mass is 35.5. The second-order valence-corrected chi connectivity index (χ2v) is 9.59. The lowest BCUT2D eigenvalue weighted by molar-refractivity contribution is -0.114. The maximum Gasteiger partial charge on any atom is 0.223 e. The van der Waals surface area contributed by atoms with Gasteiger partial charge in [0.2, 0.25) is 5.91 Å². The first-order valence-electron chi connectivity index (χ1n) is 11.2. The smallest absolute Gasteiger partial charge is 0.223 e. The van der Waals surface area contributed by atoms with E-state index >= 15 is 0 Å². The van der Waals surface area contributed by atoms with Gasteiger partial charge in [0.25, 0.3) is 0 Å². The highest BCUT2D eigenvalue weighted by molar-refractivity contribution is 7.19. The van der Waals surface area contributed by atoms with Gasteiger partial charge < -0.3 is 10.6 Å². The van der Waals surface area contributed by atoms with Crippen molar-refractivity contribution in [2.24, 2.45) is 0 Å². The van der Waals surface area contributed by atoms with Gasteiger partial charge in [0.15, 0.2) is 5.13 Å². The second kappa shape index (κ2) is 9.14. The summed E-state index contributed by atoms with van der Waals surface area (Å²) >= 11 is 8.25. The van der Waals surface area contributed by atoms with Gasteiger partial charge in [0.05, 0.1) is 33.2 Å². The van der Waals surface area contributed by atoms with Crippen LogP contribution in [-0.2, 0) is 17.6 Å². The number of thiazole rings is 1. The molecule has 0 bridgehead atoms. The Hall–Kier alpha value is -4.15. The number of carbonyl (C=O) groups excluding carboxylic acids is 1. The molecule has 6 rings (SSSR count). The highest BCUT2D eigenvalue weighted by Crippen LogP contribution is 2.44. The standard InChI is InChI=1S/C25H19ClN8OS/c1-14(35)30-25-32-19-4-3-17-22(20-13-28-10-11-29-20)33-34(23(17)24(19)36-25)21-5-2-16(12-18(21)26)31-15-6-8-27-9-7-15/h2,5-13H,3-4H2,1H3,(H,27,31)(H,30,32,35). The lowest BCUT2D eigenvalue weighted by Crippen LogP contribution is -2.07. The van der Waals surface area contributed by atoms with Crippen molar-refractivity contribution in [3.8, 4) is 27.6 Å². The summed E-state index contributed by atoms with van der Waals surface area (Å²) in [7, 11) is 0. The van der Waals surface area contributed by atoms with E-state index in [1.807, 2.05) is 35.0 Å². The summed E-state index contributed by atoms with van der Waals surface area (Å²) in [6.07, 6.45) is 9.93. The van der Waals surface area contributed by atoms with Gasteiger partial charge in [0, 0.05) is 48.6 Å². The molecule has 5 aromatic rings. The summed E-state index contributed by atoms with van der Waals surface area (Å²) in [5.74, 6) is -0.157. The van der Waals surface area contributed by atoms with Gasteiger partial charge in [-0.05, 0) is 43.2 Å². The molecule has 2 N–H and O–H groups in total. The molecule has 1 aromatic carbocycles. The Kier molecular flexibility index (Phi) is 5.67. The molecular weight excluding hydrogens is 496 g/mol. The van der Waals surface area contributed by atoms with Gasteiger partial charge in [-0.25, -0.2) is 9.67 Å². The highest BCUT2D eigenvalue weighted by Gasteiger charge is 2.31. The van der Waals surface area contributed by atoms with Crippen LogP contribution in [-0.4, -0.2) is 35.6 Å². The number of pyridine rings is 1. The molecule has 0 unspecified atom stereocenters. The van der Waals surface area contributed by atoms with E-state index in [-0.39, 0.29) is 5.91 Å². The number of carbonyl (C=O) groups is 1. The number of halogens is 1. The molecule has 4 heterocycles. The Bertz CT molecular complexity index is 1580. The number of aromatic nitrogens is 6. The van der Waals surface area contributed by atoms with E-state index < -0.39 is 0 Å². The quantitative estimate of drug-likeness (QED) is 0.327. The van der Waals surface area contributed by atoms with Crippen LogP contribution in [0.2, 0.25) is 5.02 Å². The molecule has 0 spiro atoms. The number of hydrogen-bond donors (Lipinski definition) is 2. The third-order valence-corrected chi connectivity index (χ3v) is 7.06. The molecular formula is C25H19ClN8OS. The topological polar surface area (TPSA) is 111 Å². The van der Waals surface area contributed by atoms with Crippen LogP contribution in [0.1, 0.15) is 18.2 Å². The minimum Gasteiger partial charge on any atom is -0.355 e. The van der Waals surface area contributed by atoms with E-state index in [0.717, 1.165) is 57.4 Å². The summed E-state index contributed by atoms with van der Waals surface area (Å²) < 4.78 is 1.85. The summed E-state index contributed by atoms with van der Waals surface area (Å²) in [6, 6.07) is 9.53. The fraction of sp³-hybridized carbons (Fsp3) is 0.120. The van der Waals surface area contributed by atoms with E-state index in [1.54, 1.807) is 31.0 Å². The fourth-order valence-corrected chi connectivity index (χ4v) is 5.61. The Morgan fingerprint density at radius 3 is 2.67 bits per heavy atom. The molecule has 11 heteroatoms. The van der Waals surface area contributed by atoms with Crippen LogP contribution in [0.4, 0.5) is 16.5 Å². The maximum atomic E-state index is 11.7. The Morgan fingerprint density at radius 1 is 1.06 bits per heavy atom. The van der Waals surface area contributed by atoms with Crippen molar-refractivity contribution in [3.63, 3.8) is 0 Å². The number of fused-ring (bicyclic) bond motifs is 3. The van der Waals surface area contributed by atoms with Crippen LogP contribution in [0.5, 0.6) is 0 Å². The third kappa shape index (κ3) is 4.10. The number of nitrogens with one attached hydrogen (secondary N) is 2. The van der Waals surface area contributed by atoms with Crippen molar-refractivity contribution in [2.45, 2.75) is 19.8 Å². The minimum absolute atomic E-state index is 0.157. The first-order chi connectivity index (χ1) is 17.6. The van der Waals surface area contributed by atoms with Crippen molar-refractivity contribution in [1.82, 2.24) is 29.7 Å². The minimum atomic E-state index is -0.157. The summed E-state index contributed by atoms with van der Waals surface area (Å²) in [5.41, 5.74) is 6.81. The lowest BCUT2D eigenvalue weighted by Gasteiger charge is -2.15. The predicted octanol–water partition coefficient (Wildman–Crippen LogP) is 5.30. The van der Waals surface area contributed by atoms with Crippen LogP contribution < -0.4 is 10.6 Å². The zero-order valence-corrected chi connectivity index (χ0v) is 20.6. The molecule has 36 heavy (non-hydrogen) atoms. The average molecular weight is 515 g/mol. The Morgan fingerprint density at radius 2 is 1.92 bits per heavy atom. The lowest BCUT2D eigenvalue weighted by atomic mass is 9.96. The first kappa shape index (κ1) is 22.3. The molecule has 1 aliphatic carbocycles. The summed E-state index contributed by atoms with van der Waals surface area (Å²) in [5, 5.41) is 12.2. The molecule has 0 radical (unpaired) electrons. The van der Waals surface area contributed by atoms with Crippen LogP contribution in [0.15, 0.2) is 61.3 Å². The molecule has 178 valence electrons. The molecule has 0 aliphatic heterocycles. The van der Waals surface area contributed by atoms with E-state index in [0.29, 0.717) is 15.8 Å². The number of nitrogens with zero attached hydrogens (tertiary/aromatic N) is 6. The number of benzene rings is 1. The Balaban J connectivity index is 1.49. The normalized spacial score (nSPS) is 12.1. The molecule has 1 aliphatic rings. The molecule has 0 saturated heterocycles. The number of amides is 1. The monoisotopic (exact) mass is 514 g/mol. The van der Waals surface area contributed by atoms with Crippen LogP contribution >= 0.6 is 22.9 Å². The molecule has 4 aromatic heterocycles. The number of anilines is 3. The zero-order valence-electron chi connectivity index (χ0n) is 19.1. The van der Waals surface area contributed by atoms with E-state index in [1.165, 1.54) is 18.3 Å². The van der Waals surface area contributed by atoms with Gasteiger partial charge in [-0.1, -0.05) is 22.9 Å². The summed E-state index contributed by atoms with van der Waals surface area (Å²) in [6.45, 7) is 1.48. The maximum absolute atomic E-state index is 11.7. The van der Waals surface area contributed by atoms with Crippen LogP contribution in [0.25, 0.3) is 27.6 Å².